The zero-order valence-electron chi connectivity index (χ0n) is 13.8. The number of hydrogen-bond donors (Lipinski definition) is 2. The topological polar surface area (TPSA) is 61.4 Å². The lowest BCUT2D eigenvalue weighted by atomic mass is 9.88. The molecular weight excluding hydrogens is 326 g/mol. The number of nitrogens with one attached hydrogen (secondary N) is 2. The summed E-state index contributed by atoms with van der Waals surface area (Å²) in [4.78, 5) is 26.9. The minimum absolute atomic E-state index is 0. The number of piperidine rings is 1. The van der Waals surface area contributed by atoms with E-state index in [1.165, 1.54) is 12.8 Å². The molecule has 3 atom stereocenters. The average molecular weight is 350 g/mol. The maximum absolute atomic E-state index is 13.1. The largest absolute Gasteiger partial charge is 0.342 e. The number of halogens is 1. The quantitative estimate of drug-likeness (QED) is 0.861. The maximum Gasteiger partial charge on any atom is 0.230 e. The molecule has 0 aliphatic carbocycles. The number of anilines is 1. The first kappa shape index (κ1) is 17.2. The van der Waals surface area contributed by atoms with Crippen molar-refractivity contribution < 1.29 is 9.59 Å². The summed E-state index contributed by atoms with van der Waals surface area (Å²) in [5.41, 5.74) is 1.72. The van der Waals surface area contributed by atoms with Crippen molar-refractivity contribution in [1.29, 1.82) is 0 Å². The van der Waals surface area contributed by atoms with Crippen LogP contribution in [0.4, 0.5) is 5.69 Å². The minimum atomic E-state index is -0.350. The number of likely N-dealkylation sites (N-methyl/N-ethyl adjacent to an activating group) is 1. The molecule has 0 radical (unpaired) electrons. The third-order valence-corrected chi connectivity index (χ3v) is 5.64. The molecule has 3 aliphatic heterocycles. The van der Waals surface area contributed by atoms with Crippen LogP contribution in [0, 0.1) is 0 Å². The number of carbonyl (C=O) groups is 2. The highest BCUT2D eigenvalue weighted by molar-refractivity contribution is 6.01. The van der Waals surface area contributed by atoms with E-state index in [-0.39, 0.29) is 36.6 Å². The number of rotatable bonds is 2. The zero-order valence-corrected chi connectivity index (χ0v) is 14.6. The molecule has 0 aromatic heterocycles. The Bertz CT molecular complexity index is 639. The normalized spacial score (nSPS) is 30.8. The first-order valence-corrected chi connectivity index (χ1v) is 8.53. The number of nitrogens with zero attached hydrogens (tertiary/aromatic N) is 1. The van der Waals surface area contributed by atoms with Gasteiger partial charge in [0.2, 0.25) is 11.8 Å². The summed E-state index contributed by atoms with van der Waals surface area (Å²) < 4.78 is 0. The highest BCUT2D eigenvalue weighted by atomic mass is 35.5. The van der Waals surface area contributed by atoms with Crippen LogP contribution in [-0.2, 0) is 9.59 Å². The summed E-state index contributed by atoms with van der Waals surface area (Å²) in [6.45, 7) is 0. The number of carbonyl (C=O) groups excluding carboxylic acids is 2. The van der Waals surface area contributed by atoms with E-state index >= 15 is 0 Å². The summed E-state index contributed by atoms with van der Waals surface area (Å²) >= 11 is 0. The van der Waals surface area contributed by atoms with Crippen LogP contribution in [0.5, 0.6) is 0 Å². The van der Waals surface area contributed by atoms with Crippen LogP contribution in [0.1, 0.15) is 43.6 Å². The van der Waals surface area contributed by atoms with E-state index in [0.29, 0.717) is 18.1 Å². The molecule has 4 rings (SSSR count). The molecule has 2 N–H and O–H groups in total. The van der Waals surface area contributed by atoms with Crippen molar-refractivity contribution >= 4 is 29.9 Å². The third-order valence-electron chi connectivity index (χ3n) is 5.64. The first-order chi connectivity index (χ1) is 11.1. The number of amides is 2. The van der Waals surface area contributed by atoms with E-state index in [0.717, 1.165) is 24.1 Å². The molecule has 3 unspecified atom stereocenters. The van der Waals surface area contributed by atoms with Crippen LogP contribution >= 0.6 is 12.4 Å². The SMILES string of the molecule is CN(C(=O)C1CC(=O)Nc2ccccc21)C1CC2CCC(C1)N2.Cl. The number of benzene rings is 1. The standard InChI is InChI=1S/C18H23N3O2.ClH/c1-21(13-8-11-6-7-12(9-13)19-11)18(23)15-10-17(22)20-16-5-3-2-4-14(15)16;/h2-5,11-13,15,19H,6-10H2,1H3,(H,20,22);1H. The fourth-order valence-corrected chi connectivity index (χ4v) is 4.40. The van der Waals surface area contributed by atoms with Gasteiger partial charge in [0, 0.05) is 37.3 Å². The number of hydrogen-bond acceptors (Lipinski definition) is 3. The van der Waals surface area contributed by atoms with Crippen molar-refractivity contribution in [2.45, 2.75) is 56.1 Å². The van der Waals surface area contributed by atoms with E-state index in [1.807, 2.05) is 36.2 Å². The van der Waals surface area contributed by atoms with Gasteiger partial charge in [-0.3, -0.25) is 9.59 Å². The molecule has 1 aromatic rings. The van der Waals surface area contributed by atoms with Gasteiger partial charge in [0.25, 0.3) is 0 Å². The van der Waals surface area contributed by atoms with Crippen LogP contribution in [0.15, 0.2) is 24.3 Å². The highest BCUT2D eigenvalue weighted by Crippen LogP contribution is 2.35. The Hall–Kier alpha value is -1.59. The molecule has 3 heterocycles. The van der Waals surface area contributed by atoms with Crippen molar-refractivity contribution in [3.8, 4) is 0 Å². The van der Waals surface area contributed by atoms with Gasteiger partial charge in [0.05, 0.1) is 5.92 Å². The van der Waals surface area contributed by atoms with Crippen molar-refractivity contribution in [2.75, 3.05) is 12.4 Å². The Balaban J connectivity index is 0.00000169. The van der Waals surface area contributed by atoms with E-state index in [2.05, 4.69) is 10.6 Å². The molecule has 130 valence electrons. The predicted molar refractivity (Wildman–Crippen MR) is 95.4 cm³/mol. The second kappa shape index (κ2) is 6.73. The van der Waals surface area contributed by atoms with E-state index in [4.69, 9.17) is 0 Å². The first-order valence-electron chi connectivity index (χ1n) is 8.53. The van der Waals surface area contributed by atoms with Crippen LogP contribution in [0.25, 0.3) is 0 Å². The second-order valence-corrected chi connectivity index (χ2v) is 7.10. The summed E-state index contributed by atoms with van der Waals surface area (Å²) in [5, 5.41) is 6.48. The van der Waals surface area contributed by atoms with Gasteiger partial charge in [-0.1, -0.05) is 18.2 Å². The lowest BCUT2D eigenvalue weighted by Crippen LogP contribution is -2.50. The molecule has 3 aliphatic rings. The Kier molecular flexibility index (Phi) is 4.83. The van der Waals surface area contributed by atoms with E-state index < -0.39 is 0 Å². The molecule has 1 aromatic carbocycles. The molecule has 2 fully saturated rings. The van der Waals surface area contributed by atoms with Gasteiger partial charge in [0.1, 0.15) is 0 Å². The monoisotopic (exact) mass is 349 g/mol. The van der Waals surface area contributed by atoms with Gasteiger partial charge < -0.3 is 15.5 Å². The summed E-state index contributed by atoms with van der Waals surface area (Å²) in [6, 6.07) is 9.04. The minimum Gasteiger partial charge on any atom is -0.342 e. The molecule has 6 heteroatoms. The molecule has 2 saturated heterocycles. The van der Waals surface area contributed by atoms with Crippen LogP contribution in [-0.4, -0.2) is 41.9 Å². The maximum atomic E-state index is 13.1. The van der Waals surface area contributed by atoms with Crippen molar-refractivity contribution in [3.05, 3.63) is 29.8 Å². The van der Waals surface area contributed by atoms with Gasteiger partial charge in [-0.15, -0.1) is 12.4 Å². The molecule has 24 heavy (non-hydrogen) atoms. The van der Waals surface area contributed by atoms with Crippen LogP contribution in [0.2, 0.25) is 0 Å². The highest BCUT2D eigenvalue weighted by Gasteiger charge is 2.39. The van der Waals surface area contributed by atoms with E-state index in [9.17, 15) is 9.59 Å². The lowest BCUT2D eigenvalue weighted by molar-refractivity contribution is -0.136. The van der Waals surface area contributed by atoms with Gasteiger partial charge in [-0.2, -0.15) is 0 Å². The van der Waals surface area contributed by atoms with Gasteiger partial charge in [0.15, 0.2) is 0 Å². The van der Waals surface area contributed by atoms with Crippen molar-refractivity contribution in [1.82, 2.24) is 10.2 Å². The molecule has 0 saturated carbocycles. The Morgan fingerprint density at radius 3 is 2.54 bits per heavy atom. The Labute approximate surface area is 148 Å². The lowest BCUT2D eigenvalue weighted by Gasteiger charge is -2.38. The summed E-state index contributed by atoms with van der Waals surface area (Å²) in [5.74, 6) is -0.336. The number of para-hydroxylation sites is 1. The second-order valence-electron chi connectivity index (χ2n) is 7.10. The average Bonchev–Trinajstić information content (AvgIpc) is 2.90. The molecule has 2 bridgehead atoms. The van der Waals surface area contributed by atoms with Gasteiger partial charge in [-0.25, -0.2) is 0 Å². The Morgan fingerprint density at radius 2 is 1.83 bits per heavy atom. The molecule has 5 nitrogen and oxygen atoms in total. The van der Waals surface area contributed by atoms with Crippen LogP contribution < -0.4 is 10.6 Å². The van der Waals surface area contributed by atoms with Crippen LogP contribution in [0.3, 0.4) is 0 Å². The zero-order chi connectivity index (χ0) is 16.0. The van der Waals surface area contributed by atoms with Gasteiger partial charge in [-0.05, 0) is 37.3 Å². The summed E-state index contributed by atoms with van der Waals surface area (Å²) in [7, 11) is 1.91. The summed E-state index contributed by atoms with van der Waals surface area (Å²) in [6.07, 6.45) is 4.74. The third kappa shape index (κ3) is 3.03. The molecule has 0 spiro atoms. The van der Waals surface area contributed by atoms with Crippen molar-refractivity contribution in [3.63, 3.8) is 0 Å². The fourth-order valence-electron chi connectivity index (χ4n) is 4.40. The van der Waals surface area contributed by atoms with E-state index in [1.54, 1.807) is 0 Å². The molecule has 2 amide bonds. The van der Waals surface area contributed by atoms with Crippen molar-refractivity contribution in [2.24, 2.45) is 0 Å². The predicted octanol–water partition coefficient (Wildman–Crippen LogP) is 2.28. The molecular formula is C18H24ClN3O2. The number of fused-ring (bicyclic) bond motifs is 3. The van der Waals surface area contributed by atoms with Gasteiger partial charge >= 0.3 is 0 Å². The Morgan fingerprint density at radius 1 is 1.17 bits per heavy atom. The smallest absolute Gasteiger partial charge is 0.230 e. The fraction of sp³-hybridized carbons (Fsp3) is 0.556.